The van der Waals surface area contributed by atoms with Crippen LogP contribution in [0.5, 0.6) is 0 Å². The summed E-state index contributed by atoms with van der Waals surface area (Å²) in [6.07, 6.45) is 0.911. The lowest BCUT2D eigenvalue weighted by molar-refractivity contribution is -0.122. The lowest BCUT2D eigenvalue weighted by Gasteiger charge is -2.30. The number of nitrogens with zero attached hydrogens (tertiary/aromatic N) is 1. The van der Waals surface area contributed by atoms with Crippen LogP contribution in [0.4, 0.5) is 5.69 Å². The Labute approximate surface area is 132 Å². The Morgan fingerprint density at radius 1 is 1.33 bits per heavy atom. The number of sulfonamides is 1. The lowest BCUT2D eigenvalue weighted by atomic mass is 9.98. The molecule has 0 atom stereocenters. The van der Waals surface area contributed by atoms with Crippen LogP contribution < -0.4 is 11.5 Å². The van der Waals surface area contributed by atoms with Crippen molar-refractivity contribution in [1.29, 1.82) is 0 Å². The number of nitrogens with two attached hydrogens (primary N) is 2. The van der Waals surface area contributed by atoms with Gasteiger partial charge in [0.2, 0.25) is 15.9 Å². The Kier molecular flexibility index (Phi) is 4.60. The first-order valence-electron chi connectivity index (χ1n) is 6.58. The van der Waals surface area contributed by atoms with Gasteiger partial charge in [0.05, 0.1) is 4.90 Å². The average Bonchev–Trinajstić information content (AvgIpc) is 2.42. The van der Waals surface area contributed by atoms with Gasteiger partial charge in [-0.25, -0.2) is 8.42 Å². The molecule has 0 radical (unpaired) electrons. The van der Waals surface area contributed by atoms with E-state index in [4.69, 9.17) is 11.5 Å². The van der Waals surface area contributed by atoms with E-state index in [2.05, 4.69) is 15.9 Å². The quantitative estimate of drug-likeness (QED) is 0.774. The molecule has 0 saturated carbocycles. The fourth-order valence-corrected chi connectivity index (χ4v) is 4.84. The SMILES string of the molecule is Cc1c(N)cc(Br)cc1S(=O)(=O)N1CCC(C(N)=O)CC1. The number of primary amides is 1. The molecule has 0 spiro atoms. The number of piperidine rings is 1. The van der Waals surface area contributed by atoms with Crippen molar-refractivity contribution in [2.75, 3.05) is 18.8 Å². The number of nitrogen functional groups attached to an aromatic ring is 1. The summed E-state index contributed by atoms with van der Waals surface area (Å²) in [6.45, 7) is 2.27. The van der Waals surface area contributed by atoms with Crippen molar-refractivity contribution >= 4 is 37.5 Å². The molecule has 116 valence electrons. The number of hydrogen-bond acceptors (Lipinski definition) is 4. The van der Waals surface area contributed by atoms with E-state index >= 15 is 0 Å². The van der Waals surface area contributed by atoms with Gasteiger partial charge >= 0.3 is 0 Å². The Bertz CT molecular complexity index is 667. The van der Waals surface area contributed by atoms with Crippen molar-refractivity contribution in [1.82, 2.24) is 4.31 Å². The van der Waals surface area contributed by atoms with E-state index in [1.807, 2.05) is 0 Å². The van der Waals surface area contributed by atoms with Crippen LogP contribution in [0.2, 0.25) is 0 Å². The van der Waals surface area contributed by atoms with E-state index in [0.717, 1.165) is 0 Å². The predicted octanol–water partition coefficient (Wildman–Crippen LogP) is 1.23. The van der Waals surface area contributed by atoms with E-state index < -0.39 is 10.0 Å². The van der Waals surface area contributed by atoms with Crippen LogP contribution >= 0.6 is 15.9 Å². The zero-order valence-corrected chi connectivity index (χ0v) is 14.1. The normalized spacial score (nSPS) is 17.8. The summed E-state index contributed by atoms with van der Waals surface area (Å²) in [7, 11) is -3.62. The minimum absolute atomic E-state index is 0.201. The van der Waals surface area contributed by atoms with E-state index in [0.29, 0.717) is 41.7 Å². The molecule has 1 aromatic carbocycles. The predicted molar refractivity (Wildman–Crippen MR) is 84.0 cm³/mol. The molecule has 1 heterocycles. The molecular formula is C13H18BrN3O3S. The Morgan fingerprint density at radius 2 is 1.90 bits per heavy atom. The standard InChI is InChI=1S/C13H18BrN3O3S/c1-8-11(15)6-10(14)7-12(8)21(19,20)17-4-2-9(3-5-17)13(16)18/h6-7,9H,2-5,15H2,1H3,(H2,16,18). The number of carbonyl (C=O) groups excluding carboxylic acids is 1. The van der Waals surface area contributed by atoms with Gasteiger partial charge in [0.15, 0.2) is 0 Å². The van der Waals surface area contributed by atoms with Crippen molar-refractivity contribution in [3.8, 4) is 0 Å². The van der Waals surface area contributed by atoms with E-state index in [9.17, 15) is 13.2 Å². The van der Waals surface area contributed by atoms with E-state index in [-0.39, 0.29) is 16.7 Å². The van der Waals surface area contributed by atoms with Crippen LogP contribution in [0.25, 0.3) is 0 Å². The third kappa shape index (κ3) is 3.22. The third-order valence-electron chi connectivity index (χ3n) is 3.84. The third-order valence-corrected chi connectivity index (χ3v) is 6.32. The molecule has 0 bridgehead atoms. The van der Waals surface area contributed by atoms with Crippen molar-refractivity contribution < 1.29 is 13.2 Å². The second-order valence-electron chi connectivity index (χ2n) is 5.20. The molecule has 1 saturated heterocycles. The zero-order chi connectivity index (χ0) is 15.8. The zero-order valence-electron chi connectivity index (χ0n) is 11.7. The van der Waals surface area contributed by atoms with Gasteiger partial charge in [-0.05, 0) is 37.5 Å². The molecule has 1 aliphatic rings. The molecule has 0 unspecified atom stereocenters. The maximum atomic E-state index is 12.7. The highest BCUT2D eigenvalue weighted by Gasteiger charge is 2.32. The van der Waals surface area contributed by atoms with Crippen molar-refractivity contribution in [2.24, 2.45) is 11.7 Å². The van der Waals surface area contributed by atoms with Crippen LogP contribution in [0.1, 0.15) is 18.4 Å². The van der Waals surface area contributed by atoms with Gasteiger partial charge in [-0.3, -0.25) is 4.79 Å². The number of halogens is 1. The first kappa shape index (κ1) is 16.3. The molecular weight excluding hydrogens is 358 g/mol. The van der Waals surface area contributed by atoms with Crippen LogP contribution in [0.3, 0.4) is 0 Å². The average molecular weight is 376 g/mol. The molecule has 1 aliphatic heterocycles. The van der Waals surface area contributed by atoms with Gasteiger partial charge in [0, 0.05) is 29.2 Å². The summed E-state index contributed by atoms with van der Waals surface area (Å²) >= 11 is 3.27. The highest BCUT2D eigenvalue weighted by Crippen LogP contribution is 2.30. The number of rotatable bonds is 3. The fraction of sp³-hybridized carbons (Fsp3) is 0.462. The summed E-state index contributed by atoms with van der Waals surface area (Å²) in [5.41, 5.74) is 12.1. The number of carbonyl (C=O) groups is 1. The van der Waals surface area contributed by atoms with Gasteiger partial charge in [0.1, 0.15) is 0 Å². The number of hydrogen-bond donors (Lipinski definition) is 2. The van der Waals surface area contributed by atoms with Crippen LogP contribution in [-0.2, 0) is 14.8 Å². The van der Waals surface area contributed by atoms with Crippen LogP contribution in [0, 0.1) is 12.8 Å². The fourth-order valence-electron chi connectivity index (χ4n) is 2.46. The number of amides is 1. The van der Waals surface area contributed by atoms with Gasteiger partial charge < -0.3 is 11.5 Å². The van der Waals surface area contributed by atoms with E-state index in [1.165, 1.54) is 4.31 Å². The molecule has 21 heavy (non-hydrogen) atoms. The van der Waals surface area contributed by atoms with Crippen molar-refractivity contribution in [2.45, 2.75) is 24.7 Å². The van der Waals surface area contributed by atoms with Gasteiger partial charge in [-0.2, -0.15) is 4.31 Å². The monoisotopic (exact) mass is 375 g/mol. The minimum Gasteiger partial charge on any atom is -0.398 e. The molecule has 2 rings (SSSR count). The largest absolute Gasteiger partial charge is 0.398 e. The maximum absolute atomic E-state index is 12.7. The Balaban J connectivity index is 2.30. The molecule has 1 amide bonds. The molecule has 6 nitrogen and oxygen atoms in total. The maximum Gasteiger partial charge on any atom is 0.243 e. The molecule has 4 N–H and O–H groups in total. The first-order valence-corrected chi connectivity index (χ1v) is 8.82. The Morgan fingerprint density at radius 3 is 2.43 bits per heavy atom. The smallest absolute Gasteiger partial charge is 0.243 e. The summed E-state index contributed by atoms with van der Waals surface area (Å²) in [6, 6.07) is 3.23. The van der Waals surface area contributed by atoms with Crippen molar-refractivity contribution in [3.63, 3.8) is 0 Å². The molecule has 1 fully saturated rings. The number of benzene rings is 1. The first-order chi connectivity index (χ1) is 9.73. The summed E-state index contributed by atoms with van der Waals surface area (Å²) in [5, 5.41) is 0. The number of anilines is 1. The van der Waals surface area contributed by atoms with Crippen molar-refractivity contribution in [3.05, 3.63) is 22.2 Å². The Hall–Kier alpha value is -1.12. The molecule has 0 aliphatic carbocycles. The van der Waals surface area contributed by atoms with Gasteiger partial charge in [-0.15, -0.1) is 0 Å². The molecule has 8 heteroatoms. The van der Waals surface area contributed by atoms with Crippen LogP contribution in [0.15, 0.2) is 21.5 Å². The van der Waals surface area contributed by atoms with Crippen LogP contribution in [-0.4, -0.2) is 31.7 Å². The lowest BCUT2D eigenvalue weighted by Crippen LogP contribution is -2.41. The summed E-state index contributed by atoms with van der Waals surface area (Å²) in [4.78, 5) is 11.4. The summed E-state index contributed by atoms with van der Waals surface area (Å²) in [5.74, 6) is -0.611. The topological polar surface area (TPSA) is 106 Å². The highest BCUT2D eigenvalue weighted by molar-refractivity contribution is 9.10. The highest BCUT2D eigenvalue weighted by atomic mass is 79.9. The van der Waals surface area contributed by atoms with E-state index in [1.54, 1.807) is 19.1 Å². The minimum atomic E-state index is -3.62. The molecule has 1 aromatic rings. The summed E-state index contributed by atoms with van der Waals surface area (Å²) < 4.78 is 27.5. The van der Waals surface area contributed by atoms with Gasteiger partial charge in [-0.1, -0.05) is 15.9 Å². The second-order valence-corrected chi connectivity index (χ2v) is 8.02. The molecule has 0 aromatic heterocycles. The van der Waals surface area contributed by atoms with Gasteiger partial charge in [0.25, 0.3) is 0 Å². The second kappa shape index (κ2) is 5.94.